The van der Waals surface area contributed by atoms with Crippen LogP contribution in [0.25, 0.3) is 0 Å². The molecule has 0 aliphatic carbocycles. The molecule has 0 rings (SSSR count). The summed E-state index contributed by atoms with van der Waals surface area (Å²) in [6.07, 6.45) is 5.41. The van der Waals surface area contributed by atoms with E-state index in [2.05, 4.69) is 6.92 Å². The van der Waals surface area contributed by atoms with Crippen molar-refractivity contribution in [1.29, 1.82) is 0 Å². The van der Waals surface area contributed by atoms with E-state index in [9.17, 15) is 14.4 Å². The summed E-state index contributed by atoms with van der Waals surface area (Å²) in [7, 11) is 0. The molecule has 0 unspecified atom stereocenters. The predicted octanol–water partition coefficient (Wildman–Crippen LogP) is 1.68. The highest BCUT2D eigenvalue weighted by molar-refractivity contribution is 6.57. The van der Waals surface area contributed by atoms with Gasteiger partial charge in [0.15, 0.2) is 6.29 Å². The van der Waals surface area contributed by atoms with Gasteiger partial charge in [-0.25, -0.2) is 0 Å². The summed E-state index contributed by atoms with van der Waals surface area (Å²) in [5.41, 5.74) is 0. The Balaban J connectivity index is 3.37. The van der Waals surface area contributed by atoms with Crippen molar-refractivity contribution in [1.82, 2.24) is 0 Å². The zero-order valence-electron chi connectivity index (χ0n) is 8.04. The standard InChI is InChI=1S/C10H16O3/c1-2-3-4-5-6-7-9(12)10(13)8-11/h8H,2-7H2,1H3. The normalized spacial score (nSPS) is 9.62. The fourth-order valence-electron chi connectivity index (χ4n) is 1.08. The molecule has 0 amide bonds. The first-order chi connectivity index (χ1) is 6.22. The second kappa shape index (κ2) is 7.65. The SMILES string of the molecule is CCCCCCCC(=O)C(=O)C=O. The Bertz CT molecular complexity index is 185. The number of aldehydes is 1. The molecule has 0 aromatic heterocycles. The van der Waals surface area contributed by atoms with Gasteiger partial charge in [0.25, 0.3) is 5.78 Å². The van der Waals surface area contributed by atoms with Gasteiger partial charge in [0.1, 0.15) is 0 Å². The average molecular weight is 184 g/mol. The van der Waals surface area contributed by atoms with Crippen LogP contribution >= 0.6 is 0 Å². The lowest BCUT2D eigenvalue weighted by atomic mass is 10.1. The largest absolute Gasteiger partial charge is 0.294 e. The van der Waals surface area contributed by atoms with Crippen LogP contribution in [0.15, 0.2) is 0 Å². The monoisotopic (exact) mass is 184 g/mol. The van der Waals surface area contributed by atoms with Gasteiger partial charge in [0.05, 0.1) is 0 Å². The van der Waals surface area contributed by atoms with Gasteiger partial charge in [-0.1, -0.05) is 32.6 Å². The molecule has 0 aliphatic heterocycles. The molecular weight excluding hydrogens is 168 g/mol. The van der Waals surface area contributed by atoms with E-state index in [0.717, 1.165) is 32.1 Å². The van der Waals surface area contributed by atoms with Crippen LogP contribution in [0.2, 0.25) is 0 Å². The van der Waals surface area contributed by atoms with E-state index in [1.54, 1.807) is 0 Å². The topological polar surface area (TPSA) is 51.2 Å². The summed E-state index contributed by atoms with van der Waals surface area (Å²) in [4.78, 5) is 31.3. The molecule has 0 aliphatic rings. The third kappa shape index (κ3) is 6.20. The van der Waals surface area contributed by atoms with Crippen molar-refractivity contribution in [3.8, 4) is 0 Å². The number of hydrogen-bond donors (Lipinski definition) is 0. The van der Waals surface area contributed by atoms with E-state index in [4.69, 9.17) is 0 Å². The summed E-state index contributed by atoms with van der Waals surface area (Å²) in [6.45, 7) is 2.11. The van der Waals surface area contributed by atoms with Crippen molar-refractivity contribution >= 4 is 17.9 Å². The Kier molecular flexibility index (Phi) is 7.07. The summed E-state index contributed by atoms with van der Waals surface area (Å²) < 4.78 is 0. The summed E-state index contributed by atoms with van der Waals surface area (Å²) in [5, 5.41) is 0. The Morgan fingerprint density at radius 2 is 1.69 bits per heavy atom. The van der Waals surface area contributed by atoms with Crippen molar-refractivity contribution < 1.29 is 14.4 Å². The van der Waals surface area contributed by atoms with Crippen LogP contribution in [-0.2, 0) is 14.4 Å². The van der Waals surface area contributed by atoms with Crippen molar-refractivity contribution in [2.24, 2.45) is 0 Å². The summed E-state index contributed by atoms with van der Waals surface area (Å²) in [5.74, 6) is -1.44. The van der Waals surface area contributed by atoms with Gasteiger partial charge in [-0.3, -0.25) is 14.4 Å². The van der Waals surface area contributed by atoms with Gasteiger partial charge < -0.3 is 0 Å². The molecular formula is C10H16O3. The zero-order valence-corrected chi connectivity index (χ0v) is 8.04. The Labute approximate surface area is 78.5 Å². The second-order valence-electron chi connectivity index (χ2n) is 3.07. The van der Waals surface area contributed by atoms with Crippen LogP contribution in [0.3, 0.4) is 0 Å². The highest BCUT2D eigenvalue weighted by atomic mass is 16.2. The van der Waals surface area contributed by atoms with Crippen LogP contribution in [0, 0.1) is 0 Å². The van der Waals surface area contributed by atoms with E-state index in [1.165, 1.54) is 0 Å². The number of hydrogen-bond acceptors (Lipinski definition) is 3. The fraction of sp³-hybridized carbons (Fsp3) is 0.700. The van der Waals surface area contributed by atoms with E-state index in [0.29, 0.717) is 0 Å². The van der Waals surface area contributed by atoms with Crippen LogP contribution < -0.4 is 0 Å². The second-order valence-corrected chi connectivity index (χ2v) is 3.07. The average Bonchev–Trinajstić information content (AvgIpc) is 2.16. The minimum absolute atomic E-state index is 0.0916. The summed E-state index contributed by atoms with van der Waals surface area (Å²) in [6, 6.07) is 0. The predicted molar refractivity (Wildman–Crippen MR) is 49.5 cm³/mol. The van der Waals surface area contributed by atoms with E-state index in [-0.39, 0.29) is 12.7 Å². The highest BCUT2D eigenvalue weighted by Gasteiger charge is 2.10. The number of ketones is 2. The van der Waals surface area contributed by atoms with Crippen molar-refractivity contribution in [3.05, 3.63) is 0 Å². The van der Waals surface area contributed by atoms with Gasteiger partial charge in [0.2, 0.25) is 5.78 Å². The minimum atomic E-state index is -0.893. The molecule has 0 N–H and O–H groups in total. The van der Waals surface area contributed by atoms with Gasteiger partial charge in [0, 0.05) is 6.42 Å². The number of carbonyl (C=O) groups excluding carboxylic acids is 3. The molecule has 0 spiro atoms. The first-order valence-electron chi connectivity index (χ1n) is 4.74. The molecule has 3 nitrogen and oxygen atoms in total. The highest BCUT2D eigenvalue weighted by Crippen LogP contribution is 2.05. The van der Waals surface area contributed by atoms with Crippen molar-refractivity contribution in [2.45, 2.75) is 45.4 Å². The maximum absolute atomic E-state index is 10.8. The molecule has 0 heterocycles. The number of Topliss-reactive ketones (excluding diaryl/α,β-unsaturated/α-hetero) is 2. The molecule has 0 bridgehead atoms. The molecule has 0 fully saturated rings. The quantitative estimate of drug-likeness (QED) is 0.249. The van der Waals surface area contributed by atoms with Gasteiger partial charge in [-0.05, 0) is 6.42 Å². The van der Waals surface area contributed by atoms with E-state index in [1.807, 2.05) is 0 Å². The third-order valence-corrected chi connectivity index (χ3v) is 1.89. The Morgan fingerprint density at radius 3 is 2.23 bits per heavy atom. The lowest BCUT2D eigenvalue weighted by Gasteiger charge is -1.96. The molecule has 0 radical (unpaired) electrons. The third-order valence-electron chi connectivity index (χ3n) is 1.89. The first-order valence-corrected chi connectivity index (χ1v) is 4.74. The molecule has 0 saturated heterocycles. The first kappa shape index (κ1) is 12.0. The summed E-state index contributed by atoms with van der Waals surface area (Å²) >= 11 is 0. The molecule has 0 aromatic rings. The maximum Gasteiger partial charge on any atom is 0.260 e. The van der Waals surface area contributed by atoms with E-state index < -0.39 is 11.6 Å². The van der Waals surface area contributed by atoms with E-state index >= 15 is 0 Å². The van der Waals surface area contributed by atoms with Crippen LogP contribution in [-0.4, -0.2) is 17.9 Å². The molecule has 3 heteroatoms. The number of rotatable bonds is 8. The molecule has 13 heavy (non-hydrogen) atoms. The molecule has 0 atom stereocenters. The smallest absolute Gasteiger partial charge is 0.260 e. The van der Waals surface area contributed by atoms with Gasteiger partial charge in [-0.2, -0.15) is 0 Å². The van der Waals surface area contributed by atoms with Crippen molar-refractivity contribution in [3.63, 3.8) is 0 Å². The number of carbonyl (C=O) groups is 3. The maximum atomic E-state index is 10.8. The van der Waals surface area contributed by atoms with Crippen LogP contribution in [0.4, 0.5) is 0 Å². The van der Waals surface area contributed by atoms with Crippen molar-refractivity contribution in [2.75, 3.05) is 0 Å². The molecule has 0 aromatic carbocycles. The van der Waals surface area contributed by atoms with Crippen LogP contribution in [0.5, 0.6) is 0 Å². The fourth-order valence-corrected chi connectivity index (χ4v) is 1.08. The Morgan fingerprint density at radius 1 is 1.08 bits per heavy atom. The molecule has 74 valence electrons. The van der Waals surface area contributed by atoms with Crippen LogP contribution in [0.1, 0.15) is 45.4 Å². The minimum Gasteiger partial charge on any atom is -0.294 e. The van der Waals surface area contributed by atoms with Gasteiger partial charge >= 0.3 is 0 Å². The lowest BCUT2D eigenvalue weighted by molar-refractivity contribution is -0.140. The van der Waals surface area contributed by atoms with Gasteiger partial charge in [-0.15, -0.1) is 0 Å². The lowest BCUT2D eigenvalue weighted by Crippen LogP contribution is -2.14. The molecule has 0 saturated carbocycles. The Hall–Kier alpha value is -0.990. The zero-order chi connectivity index (χ0) is 10.1. The number of unbranched alkanes of at least 4 members (excludes halogenated alkanes) is 4.